The van der Waals surface area contributed by atoms with Gasteiger partial charge in [-0.15, -0.1) is 0 Å². The van der Waals surface area contributed by atoms with Gasteiger partial charge in [0.25, 0.3) is 0 Å². The second kappa shape index (κ2) is 28.4. The molecule has 18 nitrogen and oxygen atoms in total. The Balaban J connectivity index is 0.000000265. The summed E-state index contributed by atoms with van der Waals surface area (Å²) in [6, 6.07) is 15.0. The molecular formula is C54H50Cl2F8N6O12. The summed E-state index contributed by atoms with van der Waals surface area (Å²) >= 11 is 12.8. The van der Waals surface area contributed by atoms with Crippen LogP contribution < -0.4 is 31.9 Å². The molecule has 6 aromatic carbocycles. The molecular weight excluding hydrogens is 1150 g/mol. The second-order valence-electron chi connectivity index (χ2n) is 17.0. The van der Waals surface area contributed by atoms with Crippen molar-refractivity contribution in [2.45, 2.75) is 41.5 Å². The number of nitrogens with one attached hydrogen (secondary N) is 6. The van der Waals surface area contributed by atoms with Gasteiger partial charge in [0.15, 0.2) is 46.5 Å². The molecule has 0 unspecified atom stereocenters. The van der Waals surface area contributed by atoms with Crippen LogP contribution in [0.4, 0.5) is 98.0 Å². The summed E-state index contributed by atoms with van der Waals surface area (Å²) in [5.41, 5.74) is 3.65. The van der Waals surface area contributed by atoms with Gasteiger partial charge in [0.05, 0.1) is 63.8 Å². The molecule has 28 heteroatoms. The molecule has 0 saturated heterocycles. The summed E-state index contributed by atoms with van der Waals surface area (Å²) in [6.45, 7) is 11.4. The molecule has 6 aromatic rings. The smallest absolute Gasteiger partial charge is 0.411 e. The van der Waals surface area contributed by atoms with E-state index in [1.807, 2.05) is 77.9 Å². The fraction of sp³-hybridized carbons (Fsp3) is 0.222. The first-order valence-electron chi connectivity index (χ1n) is 23.2. The molecule has 82 heavy (non-hydrogen) atoms. The molecule has 0 spiro atoms. The van der Waals surface area contributed by atoms with E-state index in [0.717, 1.165) is 70.1 Å². The standard InChI is InChI=1S/C20H24N2O4.C18H18Cl2N2O4.C16H8F8N2O4/c1-11-7-15(8-12(2)17(11)21-19(23)25-5)16-9-13(3)18(14(4)10-16)22-20(24)26-6;1-9-5-11(13(19)7-15(9)21-17(23)25-3)12-6-10(2)16(8-14(12)20)22-18(24)26-4;1-29-15(27)25-13-9(21)5(17)3(6(18)10(13)22)4-7(19)11(23)14(12(24)8(4)20)26-16(28)30-2/h7-10H,1-6H3,(H,21,23)(H,22,24);5-8H,1-4H3,(H,21,23)(H,22,24);1-2H3,(H,25,27)(H,26,28). The molecule has 0 bridgehead atoms. The number of methoxy groups -OCH3 is 6. The Morgan fingerprint density at radius 2 is 0.537 bits per heavy atom. The number of hydrogen-bond donors (Lipinski definition) is 6. The van der Waals surface area contributed by atoms with Gasteiger partial charge in [0, 0.05) is 33.9 Å². The van der Waals surface area contributed by atoms with Gasteiger partial charge in [-0.3, -0.25) is 31.9 Å². The quantitative estimate of drug-likeness (QED) is 0.0451. The summed E-state index contributed by atoms with van der Waals surface area (Å²) < 4.78 is 140. The number of carbonyl (C=O) groups excluding carboxylic acids is 6. The maximum absolute atomic E-state index is 14.3. The van der Waals surface area contributed by atoms with Gasteiger partial charge < -0.3 is 28.4 Å². The summed E-state index contributed by atoms with van der Waals surface area (Å²) in [7, 11) is 6.73. The number of benzene rings is 6. The molecule has 0 heterocycles. The molecule has 0 saturated carbocycles. The van der Waals surface area contributed by atoms with Crippen molar-refractivity contribution in [3.63, 3.8) is 0 Å². The Morgan fingerprint density at radius 1 is 0.317 bits per heavy atom. The molecule has 0 aromatic heterocycles. The summed E-state index contributed by atoms with van der Waals surface area (Å²) in [6.07, 6.45) is -5.27. The van der Waals surface area contributed by atoms with Crippen LogP contribution in [0.5, 0.6) is 0 Å². The van der Waals surface area contributed by atoms with Crippen LogP contribution in [0.3, 0.4) is 0 Å². The predicted molar refractivity (Wildman–Crippen MR) is 290 cm³/mol. The van der Waals surface area contributed by atoms with E-state index in [1.165, 1.54) is 39.1 Å². The Labute approximate surface area is 472 Å². The van der Waals surface area contributed by atoms with E-state index in [0.29, 0.717) is 32.5 Å². The van der Waals surface area contributed by atoms with Gasteiger partial charge in [-0.25, -0.2) is 63.9 Å². The minimum atomic E-state index is -2.49. The lowest BCUT2D eigenvalue weighted by Crippen LogP contribution is -2.18. The van der Waals surface area contributed by atoms with E-state index in [-0.39, 0.29) is 0 Å². The molecule has 438 valence electrons. The highest BCUT2D eigenvalue weighted by Gasteiger charge is 2.35. The molecule has 0 aliphatic carbocycles. The van der Waals surface area contributed by atoms with Gasteiger partial charge in [-0.05, 0) is 135 Å². The zero-order chi connectivity index (χ0) is 61.8. The SMILES string of the molecule is COC(=O)Nc1c(C)cc(-c2cc(C)c(NC(=O)OC)c(C)c2)cc1C.COC(=O)Nc1c(F)c(F)c(-c2c(F)c(F)c(NC(=O)OC)c(F)c2F)c(F)c1F.COC(=O)Nc1cc(Cl)c(-c2cc(C)c(NC(=O)OC)cc2Cl)cc1C. The van der Waals surface area contributed by atoms with Crippen LogP contribution in [0, 0.1) is 88.1 Å². The zero-order valence-corrected chi connectivity index (χ0v) is 46.8. The van der Waals surface area contributed by atoms with Crippen LogP contribution >= 0.6 is 23.2 Å². The average Bonchev–Trinajstić information content (AvgIpc) is 3.39. The predicted octanol–water partition coefficient (Wildman–Crippen LogP) is 15.4. The topological polar surface area (TPSA) is 230 Å². The van der Waals surface area contributed by atoms with Crippen molar-refractivity contribution in [3.8, 4) is 33.4 Å². The lowest BCUT2D eigenvalue weighted by Gasteiger charge is -2.16. The van der Waals surface area contributed by atoms with Crippen molar-refractivity contribution in [3.05, 3.63) is 138 Å². The lowest BCUT2D eigenvalue weighted by atomic mass is 9.95. The van der Waals surface area contributed by atoms with E-state index in [4.69, 9.17) is 23.2 Å². The highest BCUT2D eigenvalue weighted by Crippen LogP contribution is 2.42. The number of ether oxygens (including phenoxy) is 6. The first kappa shape index (κ1) is 65.5. The summed E-state index contributed by atoms with van der Waals surface area (Å²) in [4.78, 5) is 67.9. The Bertz CT molecular complexity index is 3190. The van der Waals surface area contributed by atoms with E-state index in [2.05, 4.69) is 49.7 Å². The third kappa shape index (κ3) is 15.2. The van der Waals surface area contributed by atoms with E-state index in [1.54, 1.807) is 12.1 Å². The first-order chi connectivity index (χ1) is 38.5. The van der Waals surface area contributed by atoms with E-state index < -0.39 is 106 Å². The van der Waals surface area contributed by atoms with Crippen molar-refractivity contribution in [1.29, 1.82) is 0 Å². The van der Waals surface area contributed by atoms with Crippen molar-refractivity contribution in [2.75, 3.05) is 74.6 Å². The zero-order valence-electron chi connectivity index (χ0n) is 45.3. The number of aryl methyl sites for hydroxylation is 6. The molecule has 6 rings (SSSR count). The molecule has 0 radical (unpaired) electrons. The molecule has 0 aliphatic heterocycles. The number of rotatable bonds is 9. The van der Waals surface area contributed by atoms with Crippen molar-refractivity contribution >= 4 is 93.9 Å². The first-order valence-corrected chi connectivity index (χ1v) is 23.9. The van der Waals surface area contributed by atoms with Crippen LogP contribution in [0.15, 0.2) is 48.5 Å². The second-order valence-corrected chi connectivity index (χ2v) is 17.8. The molecule has 0 fully saturated rings. The minimum Gasteiger partial charge on any atom is -0.453 e. The normalized spacial score (nSPS) is 10.4. The van der Waals surface area contributed by atoms with Crippen molar-refractivity contribution < 1.29 is 92.3 Å². The monoisotopic (exact) mass is 1200 g/mol. The average molecular weight is 1200 g/mol. The number of carbonyl (C=O) groups is 6. The van der Waals surface area contributed by atoms with Crippen LogP contribution in [-0.4, -0.2) is 79.2 Å². The van der Waals surface area contributed by atoms with Gasteiger partial charge >= 0.3 is 36.6 Å². The highest BCUT2D eigenvalue weighted by atomic mass is 35.5. The molecule has 6 amide bonds. The van der Waals surface area contributed by atoms with Crippen molar-refractivity contribution in [2.24, 2.45) is 0 Å². The highest BCUT2D eigenvalue weighted by molar-refractivity contribution is 6.37. The fourth-order valence-electron chi connectivity index (χ4n) is 7.56. The number of anilines is 6. The molecule has 6 N–H and O–H groups in total. The lowest BCUT2D eigenvalue weighted by molar-refractivity contribution is 0.185. The van der Waals surface area contributed by atoms with Gasteiger partial charge in [-0.1, -0.05) is 23.2 Å². The third-order valence-electron chi connectivity index (χ3n) is 11.6. The number of halogens is 10. The fourth-order valence-corrected chi connectivity index (χ4v) is 8.09. The van der Waals surface area contributed by atoms with Crippen LogP contribution in [0.2, 0.25) is 10.0 Å². The van der Waals surface area contributed by atoms with E-state index >= 15 is 0 Å². The Kier molecular flexibility index (Phi) is 22.7. The minimum absolute atomic E-state index is 0.414. The van der Waals surface area contributed by atoms with Crippen LogP contribution in [0.1, 0.15) is 33.4 Å². The summed E-state index contributed by atoms with van der Waals surface area (Å²) in [5.74, 6) is -19.4. The third-order valence-corrected chi connectivity index (χ3v) is 12.2. The van der Waals surface area contributed by atoms with Gasteiger partial charge in [0.2, 0.25) is 0 Å². The summed E-state index contributed by atoms with van der Waals surface area (Å²) in [5, 5.41) is 14.1. The van der Waals surface area contributed by atoms with Gasteiger partial charge in [0.1, 0.15) is 11.4 Å². The largest absolute Gasteiger partial charge is 0.453 e. The number of hydrogen-bond acceptors (Lipinski definition) is 12. The number of amides is 6. The van der Waals surface area contributed by atoms with Crippen molar-refractivity contribution in [1.82, 2.24) is 0 Å². The Morgan fingerprint density at radius 3 is 0.768 bits per heavy atom. The van der Waals surface area contributed by atoms with E-state index in [9.17, 15) is 63.9 Å². The van der Waals surface area contributed by atoms with Gasteiger partial charge in [-0.2, -0.15) is 0 Å². The maximum Gasteiger partial charge on any atom is 0.411 e. The van der Waals surface area contributed by atoms with Crippen LogP contribution in [-0.2, 0) is 28.4 Å². The Hall–Kier alpha value is -9.04. The molecule has 0 aliphatic rings. The molecule has 0 atom stereocenters. The van der Waals surface area contributed by atoms with Crippen LogP contribution in [0.25, 0.3) is 33.4 Å². The maximum atomic E-state index is 14.3.